The van der Waals surface area contributed by atoms with E-state index in [-0.39, 0.29) is 29.8 Å². The average molecular weight is 522 g/mol. The van der Waals surface area contributed by atoms with Gasteiger partial charge in [-0.05, 0) is 57.0 Å². The number of unbranched alkanes of at least 4 members (excludes halogenated alkanes) is 2. The van der Waals surface area contributed by atoms with Gasteiger partial charge in [-0.25, -0.2) is 9.59 Å². The lowest BCUT2D eigenvalue weighted by molar-refractivity contribution is -0.159. The monoisotopic (exact) mass is 521 g/mol. The number of allylic oxidation sites excluding steroid dienone is 1. The van der Waals surface area contributed by atoms with Crippen LogP contribution < -0.4 is 5.32 Å². The third kappa shape index (κ3) is 6.40. The Morgan fingerprint density at radius 1 is 1.19 bits per heavy atom. The molecular formula is C27H47N3O5Si. The molecule has 204 valence electrons. The molecule has 8 nitrogen and oxygen atoms in total. The van der Waals surface area contributed by atoms with Gasteiger partial charge in [0.15, 0.2) is 9.04 Å². The van der Waals surface area contributed by atoms with Crippen molar-refractivity contribution in [1.29, 1.82) is 0 Å². The number of amides is 3. The van der Waals surface area contributed by atoms with Crippen molar-refractivity contribution in [1.82, 2.24) is 15.1 Å². The number of hydrogen-bond donors (Lipinski definition) is 1. The third-order valence-electron chi connectivity index (χ3n) is 7.36. The maximum atomic E-state index is 14.1. The van der Waals surface area contributed by atoms with Crippen LogP contribution in [-0.2, 0) is 18.8 Å². The quantitative estimate of drug-likeness (QED) is 0.181. The summed E-state index contributed by atoms with van der Waals surface area (Å²) in [6, 6.07) is -0.470. The first kappa shape index (κ1) is 30.1. The molecule has 3 amide bonds. The van der Waals surface area contributed by atoms with E-state index in [0.29, 0.717) is 25.9 Å². The lowest BCUT2D eigenvalue weighted by Crippen LogP contribution is -2.64. The molecule has 0 aromatic heterocycles. The van der Waals surface area contributed by atoms with Crippen LogP contribution in [0.15, 0.2) is 25.3 Å². The van der Waals surface area contributed by atoms with Crippen LogP contribution in [-0.4, -0.2) is 74.8 Å². The summed E-state index contributed by atoms with van der Waals surface area (Å²) in [5.74, 6) is -0.836. The van der Waals surface area contributed by atoms with Gasteiger partial charge in [-0.1, -0.05) is 32.9 Å². The number of esters is 1. The molecule has 36 heavy (non-hydrogen) atoms. The maximum absolute atomic E-state index is 14.1. The predicted molar refractivity (Wildman–Crippen MR) is 145 cm³/mol. The molecule has 1 heterocycles. The fourth-order valence-corrected chi connectivity index (χ4v) is 6.12. The second kappa shape index (κ2) is 11.9. The van der Waals surface area contributed by atoms with Gasteiger partial charge >= 0.3 is 12.0 Å². The number of carbonyl (C=O) groups excluding carboxylic acids is 3. The van der Waals surface area contributed by atoms with Crippen LogP contribution in [0.4, 0.5) is 4.79 Å². The number of urea groups is 1. The Morgan fingerprint density at radius 3 is 2.36 bits per heavy atom. The van der Waals surface area contributed by atoms with Gasteiger partial charge in [0.05, 0.1) is 6.61 Å². The lowest BCUT2D eigenvalue weighted by atomic mass is 9.79. The first-order chi connectivity index (χ1) is 16.8. The van der Waals surface area contributed by atoms with Crippen molar-refractivity contribution in [3.63, 3.8) is 0 Å². The fourth-order valence-electron chi connectivity index (χ4n) is 5.02. The summed E-state index contributed by atoms with van der Waals surface area (Å²) >= 11 is 0. The Balaban J connectivity index is 2.42. The molecule has 1 aliphatic heterocycles. The maximum Gasteiger partial charge on any atom is 0.332 e. The van der Waals surface area contributed by atoms with E-state index in [1.807, 2.05) is 19.2 Å². The molecule has 1 saturated heterocycles. The number of carbonyl (C=O) groups is 3. The molecule has 0 radical (unpaired) electrons. The summed E-state index contributed by atoms with van der Waals surface area (Å²) in [5.41, 5.74) is -2.69. The first-order valence-corrected chi connectivity index (χ1v) is 16.0. The molecule has 1 aliphatic carbocycles. The highest BCUT2D eigenvalue weighted by atomic mass is 28.3. The standard InChI is InChI=1S/C27H47N3O5Si/c1-10-13-14-15-16-29(7)22(31)27(35-36(8)9)18-21(25(4,5)6)19-30(27)24(33)28-26(17-20(26)11-2)23(32)34-12-3/h10-11,20-21,36H,1-2,12-19H2,3-9H3,(H,28,33)/t20-,21-,26+,27-/m0/s1. The molecule has 2 rings (SSSR count). The molecule has 2 fully saturated rings. The van der Waals surface area contributed by atoms with Crippen LogP contribution in [0.5, 0.6) is 0 Å². The molecule has 0 bridgehead atoms. The molecule has 2 aliphatic rings. The van der Waals surface area contributed by atoms with Crippen LogP contribution in [0.25, 0.3) is 0 Å². The van der Waals surface area contributed by atoms with Crippen molar-refractivity contribution in [2.24, 2.45) is 17.3 Å². The summed E-state index contributed by atoms with van der Waals surface area (Å²) in [6.45, 7) is 20.8. The smallest absolute Gasteiger partial charge is 0.332 e. The molecule has 9 heteroatoms. The van der Waals surface area contributed by atoms with Crippen LogP contribution >= 0.6 is 0 Å². The van der Waals surface area contributed by atoms with E-state index in [4.69, 9.17) is 9.16 Å². The number of ether oxygens (including phenoxy) is 1. The van der Waals surface area contributed by atoms with Crippen LogP contribution in [0, 0.1) is 17.3 Å². The van der Waals surface area contributed by atoms with E-state index >= 15 is 0 Å². The van der Waals surface area contributed by atoms with Gasteiger partial charge in [-0.15, -0.1) is 13.2 Å². The highest BCUT2D eigenvalue weighted by Crippen LogP contribution is 2.48. The van der Waals surface area contributed by atoms with Crippen molar-refractivity contribution in [2.75, 3.05) is 26.7 Å². The molecule has 0 aromatic carbocycles. The Bertz CT molecular complexity index is 842. The van der Waals surface area contributed by atoms with Gasteiger partial charge in [-0.3, -0.25) is 9.69 Å². The minimum Gasteiger partial charge on any atom is -0.464 e. The summed E-state index contributed by atoms with van der Waals surface area (Å²) in [7, 11) is 0.0117. The zero-order chi connectivity index (χ0) is 27.3. The van der Waals surface area contributed by atoms with E-state index in [0.717, 1.165) is 19.3 Å². The number of rotatable bonds is 12. The van der Waals surface area contributed by atoms with Crippen molar-refractivity contribution in [2.45, 2.75) is 84.2 Å². The summed E-state index contributed by atoms with van der Waals surface area (Å²) in [4.78, 5) is 44.0. The molecule has 4 atom stereocenters. The number of likely N-dealkylation sites (N-methyl/N-ethyl adjacent to an activating group) is 1. The topological polar surface area (TPSA) is 88.2 Å². The Labute approximate surface area is 219 Å². The minimum absolute atomic E-state index is 0.0436. The first-order valence-electron chi connectivity index (χ1n) is 13.2. The van der Waals surface area contributed by atoms with Gasteiger partial charge in [0.25, 0.3) is 5.91 Å². The minimum atomic E-state index is -1.76. The molecule has 0 unspecified atom stereocenters. The van der Waals surface area contributed by atoms with Crippen molar-refractivity contribution in [3.05, 3.63) is 25.3 Å². The van der Waals surface area contributed by atoms with Crippen molar-refractivity contribution < 1.29 is 23.5 Å². The molecule has 1 N–H and O–H groups in total. The fraction of sp³-hybridized carbons (Fsp3) is 0.741. The van der Waals surface area contributed by atoms with Gasteiger partial charge in [0.1, 0.15) is 5.54 Å². The van der Waals surface area contributed by atoms with Gasteiger partial charge in [0, 0.05) is 32.5 Å². The number of hydrogen-bond acceptors (Lipinski definition) is 5. The van der Waals surface area contributed by atoms with E-state index < -0.39 is 32.3 Å². The zero-order valence-corrected chi connectivity index (χ0v) is 24.5. The second-order valence-corrected chi connectivity index (χ2v) is 13.8. The average Bonchev–Trinajstić information content (AvgIpc) is 3.37. The van der Waals surface area contributed by atoms with Gasteiger partial charge in [-0.2, -0.15) is 0 Å². The molecule has 0 spiro atoms. The van der Waals surface area contributed by atoms with E-state index in [1.165, 1.54) is 0 Å². The lowest BCUT2D eigenvalue weighted by Gasteiger charge is -2.41. The third-order valence-corrected chi connectivity index (χ3v) is 8.23. The van der Waals surface area contributed by atoms with Crippen LogP contribution in [0.2, 0.25) is 13.1 Å². The Kier molecular flexibility index (Phi) is 9.98. The van der Waals surface area contributed by atoms with Crippen molar-refractivity contribution in [3.8, 4) is 0 Å². The predicted octanol–water partition coefficient (Wildman–Crippen LogP) is 4.08. The number of nitrogens with zero attached hydrogens (tertiary/aromatic N) is 2. The second-order valence-electron chi connectivity index (χ2n) is 11.5. The van der Waals surface area contributed by atoms with Crippen molar-refractivity contribution >= 4 is 26.9 Å². The summed E-state index contributed by atoms with van der Waals surface area (Å²) in [6.07, 6.45) is 7.07. The highest BCUT2D eigenvalue weighted by Gasteiger charge is 2.64. The number of likely N-dealkylation sites (tertiary alicyclic amines) is 1. The van der Waals surface area contributed by atoms with Crippen LogP contribution in [0.3, 0.4) is 0 Å². The van der Waals surface area contributed by atoms with Crippen LogP contribution in [0.1, 0.15) is 59.8 Å². The normalized spacial score (nSPS) is 27.5. The summed E-state index contributed by atoms with van der Waals surface area (Å²) < 4.78 is 11.8. The van der Waals surface area contributed by atoms with Gasteiger partial charge < -0.3 is 19.4 Å². The van der Waals surface area contributed by atoms with E-state index in [2.05, 4.69) is 39.2 Å². The molecular weight excluding hydrogens is 474 g/mol. The Hall–Kier alpha value is -2.13. The highest BCUT2D eigenvalue weighted by molar-refractivity contribution is 6.48. The SMILES string of the molecule is C=CCCCCN(C)C(=O)[C@@]1(O[SiH](C)C)C[C@H](C(C)(C)C)CN1C(=O)N[C@]1(C(=O)OCC)C[C@@H]1C=C. The largest absolute Gasteiger partial charge is 0.464 e. The molecule has 1 saturated carbocycles. The summed E-state index contributed by atoms with van der Waals surface area (Å²) in [5, 5.41) is 2.94. The molecule has 0 aromatic rings. The van der Waals surface area contributed by atoms with Gasteiger partial charge in [0.2, 0.25) is 5.72 Å². The van der Waals surface area contributed by atoms with E-state index in [9.17, 15) is 14.4 Å². The zero-order valence-electron chi connectivity index (χ0n) is 23.4. The van der Waals surface area contributed by atoms with E-state index in [1.54, 1.807) is 29.8 Å². The Morgan fingerprint density at radius 2 is 1.86 bits per heavy atom. The number of nitrogens with one attached hydrogen (secondary N) is 1.